The monoisotopic (exact) mass is 744 g/mol. The van der Waals surface area contributed by atoms with Crippen molar-refractivity contribution in [2.75, 3.05) is 32.8 Å². The number of hydrogen-bond acceptors (Lipinski definition) is 6. The molecule has 6 heteroatoms. The number of ether oxygens (including phenoxy) is 2. The van der Waals surface area contributed by atoms with Gasteiger partial charge < -0.3 is 19.5 Å². The molecule has 0 saturated heterocycles. The first kappa shape index (κ1) is 49.1. The average Bonchev–Trinajstić information content (AvgIpc) is 3.16. The van der Waals surface area contributed by atoms with Gasteiger partial charge in [0.25, 0.3) is 0 Å². The Hall–Kier alpha value is -1.92. The zero-order valence-corrected chi connectivity index (χ0v) is 35.2. The van der Waals surface area contributed by atoms with Crippen LogP contribution in [0.5, 0.6) is 0 Å². The van der Waals surface area contributed by atoms with E-state index in [4.69, 9.17) is 9.47 Å². The van der Waals surface area contributed by atoms with E-state index in [1.807, 2.05) is 0 Å². The lowest BCUT2D eigenvalue weighted by atomic mass is 10.0. The molecular formula is C47H85NO5. The van der Waals surface area contributed by atoms with E-state index in [1.54, 1.807) is 0 Å². The van der Waals surface area contributed by atoms with E-state index < -0.39 is 0 Å². The van der Waals surface area contributed by atoms with Crippen LogP contribution in [-0.4, -0.2) is 60.9 Å². The van der Waals surface area contributed by atoms with E-state index in [0.29, 0.717) is 19.4 Å². The highest BCUT2D eigenvalue weighted by Crippen LogP contribution is 2.19. The largest absolute Gasteiger partial charge is 0.465 e. The molecule has 308 valence electrons. The van der Waals surface area contributed by atoms with Crippen molar-refractivity contribution in [3.05, 3.63) is 35.4 Å². The molecule has 0 aliphatic carbocycles. The van der Waals surface area contributed by atoms with Gasteiger partial charge >= 0.3 is 11.9 Å². The van der Waals surface area contributed by atoms with E-state index in [9.17, 15) is 14.7 Å². The van der Waals surface area contributed by atoms with Crippen LogP contribution in [0.25, 0.3) is 0 Å². The standard InChI is InChI=1S/C47H85NO5/c1-4-7-10-12-16-22-33-45(34-23-17-13-11-8-5-2)53-47(51)36-25-19-15-21-29-39-48(40-41-49)38-28-20-14-18-24-35-46(50)52-42-37-44-32-27-26-31-43(44)30-9-6-3/h26-27,31-32,45,49H,4-25,28-30,33-42H2,1-3H3. The molecule has 0 aromatic heterocycles. The molecule has 1 aromatic carbocycles. The lowest BCUT2D eigenvalue weighted by Crippen LogP contribution is -2.29. The number of carbonyl (C=O) groups excluding carboxylic acids is 2. The molecule has 0 unspecified atom stereocenters. The Morgan fingerprint density at radius 3 is 1.53 bits per heavy atom. The third-order valence-electron chi connectivity index (χ3n) is 10.7. The molecule has 1 N–H and O–H groups in total. The minimum Gasteiger partial charge on any atom is -0.465 e. The molecule has 53 heavy (non-hydrogen) atoms. The fourth-order valence-corrected chi connectivity index (χ4v) is 7.32. The SMILES string of the molecule is CCCCCCCCC(CCCCCCCC)OC(=O)CCCCCCCN(CCO)CCCCCCCC(=O)OCCc1ccccc1CCCC. The molecule has 0 radical (unpaired) electrons. The molecular weight excluding hydrogens is 659 g/mol. The van der Waals surface area contributed by atoms with Gasteiger partial charge in [0, 0.05) is 25.8 Å². The van der Waals surface area contributed by atoms with Gasteiger partial charge in [-0.15, -0.1) is 0 Å². The lowest BCUT2D eigenvalue weighted by molar-refractivity contribution is -0.150. The van der Waals surface area contributed by atoms with Crippen molar-refractivity contribution in [2.24, 2.45) is 0 Å². The van der Waals surface area contributed by atoms with Gasteiger partial charge in [-0.3, -0.25) is 9.59 Å². The number of aliphatic hydroxyl groups excluding tert-OH is 1. The fraction of sp³-hybridized carbons (Fsp3) is 0.830. The zero-order chi connectivity index (χ0) is 38.5. The summed E-state index contributed by atoms with van der Waals surface area (Å²) in [5.41, 5.74) is 2.69. The number of rotatable bonds is 39. The molecule has 0 heterocycles. The summed E-state index contributed by atoms with van der Waals surface area (Å²) >= 11 is 0. The molecule has 1 rings (SSSR count). The van der Waals surface area contributed by atoms with Crippen LogP contribution in [0.2, 0.25) is 0 Å². The third kappa shape index (κ3) is 30.0. The van der Waals surface area contributed by atoms with Gasteiger partial charge in [-0.25, -0.2) is 0 Å². The van der Waals surface area contributed by atoms with Crippen molar-refractivity contribution in [3.8, 4) is 0 Å². The summed E-state index contributed by atoms with van der Waals surface area (Å²) < 4.78 is 11.6. The van der Waals surface area contributed by atoms with Crippen LogP contribution in [0.4, 0.5) is 0 Å². The number of hydrogen-bond donors (Lipinski definition) is 1. The fourth-order valence-electron chi connectivity index (χ4n) is 7.32. The normalized spacial score (nSPS) is 11.5. The first-order valence-electron chi connectivity index (χ1n) is 22.8. The molecule has 0 aliphatic rings. The summed E-state index contributed by atoms with van der Waals surface area (Å²) in [5.74, 6) is -0.0626. The Morgan fingerprint density at radius 1 is 0.547 bits per heavy atom. The van der Waals surface area contributed by atoms with Crippen molar-refractivity contribution in [1.29, 1.82) is 0 Å². The molecule has 0 aliphatic heterocycles. The number of aryl methyl sites for hydroxylation is 1. The van der Waals surface area contributed by atoms with Gasteiger partial charge in [0.15, 0.2) is 0 Å². The second-order valence-electron chi connectivity index (χ2n) is 15.7. The van der Waals surface area contributed by atoms with Crippen molar-refractivity contribution in [1.82, 2.24) is 4.90 Å². The number of benzene rings is 1. The zero-order valence-electron chi connectivity index (χ0n) is 35.2. The first-order chi connectivity index (χ1) is 26.0. The van der Waals surface area contributed by atoms with Gasteiger partial charge in [0.2, 0.25) is 0 Å². The summed E-state index contributed by atoms with van der Waals surface area (Å²) in [6, 6.07) is 8.53. The van der Waals surface area contributed by atoms with Crippen LogP contribution in [0.1, 0.15) is 212 Å². The average molecular weight is 744 g/mol. The van der Waals surface area contributed by atoms with Crippen molar-refractivity contribution in [2.45, 2.75) is 219 Å². The smallest absolute Gasteiger partial charge is 0.306 e. The molecule has 0 amide bonds. The van der Waals surface area contributed by atoms with E-state index >= 15 is 0 Å². The van der Waals surface area contributed by atoms with Crippen LogP contribution in [0.3, 0.4) is 0 Å². The maximum atomic E-state index is 12.7. The molecule has 0 fully saturated rings. The highest BCUT2D eigenvalue weighted by Gasteiger charge is 2.14. The number of aliphatic hydroxyl groups is 1. The minimum absolute atomic E-state index is 0.0102. The summed E-state index contributed by atoms with van der Waals surface area (Å²) in [4.78, 5) is 27.3. The Kier molecular flexibility index (Phi) is 34.3. The van der Waals surface area contributed by atoms with Gasteiger partial charge in [-0.2, -0.15) is 0 Å². The van der Waals surface area contributed by atoms with Crippen molar-refractivity contribution < 1.29 is 24.2 Å². The Balaban J connectivity index is 2.13. The van der Waals surface area contributed by atoms with E-state index in [0.717, 1.165) is 110 Å². The predicted octanol–water partition coefficient (Wildman–Crippen LogP) is 12.5. The maximum Gasteiger partial charge on any atom is 0.306 e. The van der Waals surface area contributed by atoms with Gasteiger partial charge in [0.05, 0.1) is 13.2 Å². The second-order valence-corrected chi connectivity index (χ2v) is 15.7. The number of unbranched alkanes of at least 4 members (excludes halogenated alkanes) is 19. The number of nitrogens with zero attached hydrogens (tertiary/aromatic N) is 1. The Morgan fingerprint density at radius 2 is 1.00 bits per heavy atom. The third-order valence-corrected chi connectivity index (χ3v) is 10.7. The summed E-state index contributed by atoms with van der Waals surface area (Å²) in [6.07, 6.45) is 33.7. The van der Waals surface area contributed by atoms with Gasteiger partial charge in [-0.1, -0.05) is 154 Å². The van der Waals surface area contributed by atoms with E-state index in [2.05, 4.69) is 49.9 Å². The summed E-state index contributed by atoms with van der Waals surface area (Å²) in [6.45, 7) is 10.2. The van der Waals surface area contributed by atoms with Crippen molar-refractivity contribution in [3.63, 3.8) is 0 Å². The van der Waals surface area contributed by atoms with E-state index in [-0.39, 0.29) is 24.6 Å². The van der Waals surface area contributed by atoms with Crippen LogP contribution >= 0.6 is 0 Å². The molecule has 6 nitrogen and oxygen atoms in total. The summed E-state index contributed by atoms with van der Waals surface area (Å²) in [5, 5.41) is 9.58. The van der Waals surface area contributed by atoms with Gasteiger partial charge in [0.1, 0.15) is 6.10 Å². The van der Waals surface area contributed by atoms with E-state index in [1.165, 1.54) is 101 Å². The molecule has 0 bridgehead atoms. The van der Waals surface area contributed by atoms with Crippen LogP contribution in [0.15, 0.2) is 24.3 Å². The van der Waals surface area contributed by atoms with Crippen LogP contribution in [-0.2, 0) is 31.9 Å². The Labute approximate surface area is 327 Å². The predicted molar refractivity (Wildman–Crippen MR) is 225 cm³/mol. The highest BCUT2D eigenvalue weighted by molar-refractivity contribution is 5.69. The van der Waals surface area contributed by atoms with Gasteiger partial charge in [-0.05, 0) is 88.4 Å². The lowest BCUT2D eigenvalue weighted by Gasteiger charge is -2.21. The highest BCUT2D eigenvalue weighted by atomic mass is 16.5. The number of esters is 2. The van der Waals surface area contributed by atoms with Crippen LogP contribution in [0, 0.1) is 0 Å². The topological polar surface area (TPSA) is 76.1 Å². The van der Waals surface area contributed by atoms with Crippen molar-refractivity contribution >= 4 is 11.9 Å². The summed E-state index contributed by atoms with van der Waals surface area (Å²) in [7, 11) is 0. The molecule has 0 spiro atoms. The Bertz CT molecular complexity index is 952. The molecule has 0 atom stereocenters. The minimum atomic E-state index is -0.0728. The maximum absolute atomic E-state index is 12.7. The number of carbonyl (C=O) groups is 2. The quantitative estimate of drug-likeness (QED) is 0.0534. The first-order valence-corrected chi connectivity index (χ1v) is 22.8. The van der Waals surface area contributed by atoms with Crippen LogP contribution < -0.4 is 0 Å². The molecule has 0 saturated carbocycles. The molecule has 1 aromatic rings. The second kappa shape index (κ2) is 37.0.